The number of hydrogen-bond acceptors (Lipinski definition) is 2. The average molecular weight is 778 g/mol. The lowest BCUT2D eigenvalue weighted by Crippen LogP contribution is -2.28. The van der Waals surface area contributed by atoms with Gasteiger partial charge < -0.3 is 9.32 Å². The van der Waals surface area contributed by atoms with E-state index in [0.717, 1.165) is 55.7 Å². The zero-order valence-corrected chi connectivity index (χ0v) is 33.4. The molecule has 12 rings (SSSR count). The zero-order valence-electron chi connectivity index (χ0n) is 33.4. The van der Waals surface area contributed by atoms with Gasteiger partial charge in [-0.25, -0.2) is 0 Å². The molecule has 1 aliphatic carbocycles. The minimum Gasteiger partial charge on any atom is -0.455 e. The maximum atomic E-state index is 6.48. The molecule has 0 atom stereocenters. The molecule has 11 aromatic rings. The zero-order chi connectivity index (χ0) is 40.3. The summed E-state index contributed by atoms with van der Waals surface area (Å²) < 4.78 is 6.48. The normalized spacial score (nSPS) is 12.7. The van der Waals surface area contributed by atoms with Crippen molar-refractivity contribution in [1.82, 2.24) is 0 Å². The summed E-state index contributed by atoms with van der Waals surface area (Å²) in [5.74, 6) is 0. The Labute approximate surface area is 355 Å². The second-order valence-corrected chi connectivity index (χ2v) is 16.0. The van der Waals surface area contributed by atoms with Crippen molar-refractivity contribution in [3.63, 3.8) is 0 Å². The molecule has 0 spiro atoms. The molecule has 0 saturated carbocycles. The van der Waals surface area contributed by atoms with Crippen LogP contribution < -0.4 is 4.90 Å². The molecule has 286 valence electrons. The standard InChI is InChI=1S/C59H39NO/c1-3-19-43(20-4-1)59(44-21-5-2-6-22-44)53-29-12-9-25-52(53)57-50(27-16-30-54(57)59)48-23-10-13-31-55(48)60(46-38-33-40-17-7-8-18-42(40)39-46)45-36-34-41(35-37-45)47-26-15-28-51-49-24-11-14-32-56(49)61-58(47)51/h1-39H. The van der Waals surface area contributed by atoms with E-state index >= 15 is 0 Å². The second kappa shape index (κ2) is 14.1. The molecule has 61 heavy (non-hydrogen) atoms. The Hall–Kier alpha value is -7.94. The van der Waals surface area contributed by atoms with Gasteiger partial charge in [0, 0.05) is 33.3 Å². The van der Waals surface area contributed by atoms with Gasteiger partial charge in [-0.1, -0.05) is 200 Å². The maximum absolute atomic E-state index is 6.48. The number of benzene rings is 10. The van der Waals surface area contributed by atoms with Crippen LogP contribution in [0.1, 0.15) is 22.3 Å². The smallest absolute Gasteiger partial charge is 0.143 e. The summed E-state index contributed by atoms with van der Waals surface area (Å²) in [6.45, 7) is 0. The molecule has 1 heterocycles. The molecule has 0 N–H and O–H groups in total. The van der Waals surface area contributed by atoms with Crippen molar-refractivity contribution in [1.29, 1.82) is 0 Å². The molecule has 0 aliphatic heterocycles. The first-order valence-electron chi connectivity index (χ1n) is 21.0. The van der Waals surface area contributed by atoms with Crippen molar-refractivity contribution in [2.75, 3.05) is 4.90 Å². The van der Waals surface area contributed by atoms with E-state index in [2.05, 4.69) is 229 Å². The van der Waals surface area contributed by atoms with E-state index in [1.165, 1.54) is 49.7 Å². The van der Waals surface area contributed by atoms with Crippen LogP contribution in [0.15, 0.2) is 241 Å². The molecule has 2 nitrogen and oxygen atoms in total. The van der Waals surface area contributed by atoms with E-state index in [1.54, 1.807) is 0 Å². The average Bonchev–Trinajstić information content (AvgIpc) is 3.87. The van der Waals surface area contributed by atoms with Crippen molar-refractivity contribution in [3.05, 3.63) is 259 Å². The highest BCUT2D eigenvalue weighted by Gasteiger charge is 2.46. The number of anilines is 3. The molecular weight excluding hydrogens is 739 g/mol. The number of hydrogen-bond donors (Lipinski definition) is 0. The molecule has 0 fully saturated rings. The number of rotatable bonds is 7. The molecule has 0 unspecified atom stereocenters. The van der Waals surface area contributed by atoms with E-state index in [9.17, 15) is 0 Å². The molecule has 2 heteroatoms. The number of nitrogens with zero attached hydrogens (tertiary/aromatic N) is 1. The monoisotopic (exact) mass is 777 g/mol. The Balaban J connectivity index is 1.07. The molecule has 1 aliphatic rings. The second-order valence-electron chi connectivity index (χ2n) is 16.0. The molecule has 0 amide bonds. The van der Waals surface area contributed by atoms with Gasteiger partial charge in [0.2, 0.25) is 0 Å². The molecule has 0 radical (unpaired) electrons. The highest BCUT2D eigenvalue weighted by atomic mass is 16.3. The lowest BCUT2D eigenvalue weighted by molar-refractivity contribution is 0.670. The van der Waals surface area contributed by atoms with Crippen LogP contribution in [0, 0.1) is 0 Å². The predicted octanol–water partition coefficient (Wildman–Crippen LogP) is 15.9. The van der Waals surface area contributed by atoms with Crippen LogP contribution in [-0.4, -0.2) is 0 Å². The fourth-order valence-corrected chi connectivity index (χ4v) is 10.1. The molecule has 10 aromatic carbocycles. The van der Waals surface area contributed by atoms with E-state index in [1.807, 2.05) is 12.1 Å². The van der Waals surface area contributed by atoms with Gasteiger partial charge in [-0.15, -0.1) is 0 Å². The van der Waals surface area contributed by atoms with Crippen molar-refractivity contribution in [2.45, 2.75) is 5.41 Å². The van der Waals surface area contributed by atoms with E-state index in [0.29, 0.717) is 0 Å². The van der Waals surface area contributed by atoms with Gasteiger partial charge in [-0.05, 0) is 91.7 Å². The van der Waals surface area contributed by atoms with Crippen molar-refractivity contribution < 1.29 is 4.42 Å². The fraction of sp³-hybridized carbons (Fsp3) is 0.0169. The van der Waals surface area contributed by atoms with Crippen LogP contribution in [0.5, 0.6) is 0 Å². The van der Waals surface area contributed by atoms with Gasteiger partial charge in [0.05, 0.1) is 11.1 Å². The third-order valence-electron chi connectivity index (χ3n) is 12.7. The molecule has 1 aromatic heterocycles. The van der Waals surface area contributed by atoms with Crippen molar-refractivity contribution in [3.8, 4) is 33.4 Å². The van der Waals surface area contributed by atoms with Gasteiger partial charge in [0.25, 0.3) is 0 Å². The van der Waals surface area contributed by atoms with Crippen LogP contribution in [0.4, 0.5) is 17.1 Å². The molecule has 0 saturated heterocycles. The first kappa shape index (κ1) is 35.0. The van der Waals surface area contributed by atoms with E-state index in [4.69, 9.17) is 4.42 Å². The number of furan rings is 1. The lowest BCUT2D eigenvalue weighted by atomic mass is 9.67. The largest absolute Gasteiger partial charge is 0.455 e. The van der Waals surface area contributed by atoms with Gasteiger partial charge >= 0.3 is 0 Å². The Kier molecular flexibility index (Phi) is 8.11. The third-order valence-corrected chi connectivity index (χ3v) is 12.7. The summed E-state index contributed by atoms with van der Waals surface area (Å²) in [4.78, 5) is 2.43. The van der Waals surface area contributed by atoms with Gasteiger partial charge in [-0.3, -0.25) is 0 Å². The van der Waals surface area contributed by atoms with Crippen LogP contribution in [0.25, 0.3) is 66.1 Å². The Morgan fingerprint density at radius 1 is 0.361 bits per heavy atom. The topological polar surface area (TPSA) is 16.4 Å². The first-order chi connectivity index (χ1) is 30.3. The quantitative estimate of drug-likeness (QED) is 0.160. The van der Waals surface area contributed by atoms with E-state index < -0.39 is 5.41 Å². The van der Waals surface area contributed by atoms with Crippen molar-refractivity contribution in [2.24, 2.45) is 0 Å². The van der Waals surface area contributed by atoms with Gasteiger partial charge in [0.15, 0.2) is 0 Å². The summed E-state index contributed by atoms with van der Waals surface area (Å²) in [6, 6.07) is 86.1. The first-order valence-corrected chi connectivity index (χ1v) is 21.0. The maximum Gasteiger partial charge on any atom is 0.143 e. The summed E-state index contributed by atoms with van der Waals surface area (Å²) >= 11 is 0. The van der Waals surface area contributed by atoms with Crippen LogP contribution in [-0.2, 0) is 5.41 Å². The van der Waals surface area contributed by atoms with Crippen LogP contribution >= 0.6 is 0 Å². The molecule has 0 bridgehead atoms. The Bertz CT molecular complexity index is 3380. The highest BCUT2D eigenvalue weighted by Crippen LogP contribution is 2.59. The van der Waals surface area contributed by atoms with Gasteiger partial charge in [-0.2, -0.15) is 0 Å². The lowest BCUT2D eigenvalue weighted by Gasteiger charge is -2.34. The summed E-state index contributed by atoms with van der Waals surface area (Å²) in [5, 5.41) is 4.67. The highest BCUT2D eigenvalue weighted by molar-refractivity contribution is 6.09. The third kappa shape index (κ3) is 5.43. The summed E-state index contributed by atoms with van der Waals surface area (Å²) in [5.41, 5.74) is 16.8. The summed E-state index contributed by atoms with van der Waals surface area (Å²) in [7, 11) is 0. The minimum absolute atomic E-state index is 0.490. The Morgan fingerprint density at radius 3 is 1.74 bits per heavy atom. The van der Waals surface area contributed by atoms with Crippen LogP contribution in [0.2, 0.25) is 0 Å². The number of para-hydroxylation sites is 3. The predicted molar refractivity (Wildman–Crippen MR) is 254 cm³/mol. The van der Waals surface area contributed by atoms with Crippen LogP contribution in [0.3, 0.4) is 0 Å². The Morgan fingerprint density at radius 2 is 0.934 bits per heavy atom. The number of fused-ring (bicyclic) bond motifs is 7. The molecular formula is C59H39NO. The van der Waals surface area contributed by atoms with Crippen molar-refractivity contribution >= 4 is 49.8 Å². The SMILES string of the molecule is c1ccc(C2(c3ccccc3)c3ccccc3-c3c(-c4ccccc4N(c4ccc(-c5cccc6c5oc5ccccc56)cc4)c4ccc5ccccc5c4)cccc32)cc1. The van der Waals surface area contributed by atoms with Gasteiger partial charge in [0.1, 0.15) is 11.2 Å². The fourth-order valence-electron chi connectivity index (χ4n) is 10.1. The summed E-state index contributed by atoms with van der Waals surface area (Å²) in [6.07, 6.45) is 0. The van der Waals surface area contributed by atoms with E-state index in [-0.39, 0.29) is 0 Å². The minimum atomic E-state index is -0.490.